The monoisotopic (exact) mass is 274 g/mol. The molecule has 3 nitrogen and oxygen atoms in total. The minimum atomic E-state index is -2.09. The Morgan fingerprint density at radius 1 is 1.26 bits per heavy atom. The summed E-state index contributed by atoms with van der Waals surface area (Å²) in [7, 11) is 0. The second-order valence-corrected chi connectivity index (χ2v) is 4.64. The third-order valence-corrected chi connectivity index (χ3v) is 3.22. The first kappa shape index (κ1) is 14.1. The zero-order chi connectivity index (χ0) is 14.0. The van der Waals surface area contributed by atoms with E-state index in [0.717, 1.165) is 15.4 Å². The predicted octanol–water partition coefficient (Wildman–Crippen LogP) is 2.00. The number of aryl methyl sites for hydroxylation is 1. The molecule has 1 heterocycles. The Hall–Kier alpha value is -1.27. The number of halogens is 3. The zero-order valence-electron chi connectivity index (χ0n) is 10.6. The summed E-state index contributed by atoms with van der Waals surface area (Å²) in [6, 6.07) is 6.66. The van der Waals surface area contributed by atoms with Gasteiger partial charge in [-0.2, -0.15) is 0 Å². The van der Waals surface area contributed by atoms with Crippen molar-refractivity contribution in [3.8, 4) is 0 Å². The van der Waals surface area contributed by atoms with Crippen LogP contribution in [0.2, 0.25) is 0 Å². The van der Waals surface area contributed by atoms with E-state index in [4.69, 9.17) is 5.11 Å². The molecule has 0 aliphatic carbocycles. The summed E-state index contributed by atoms with van der Waals surface area (Å²) in [6.45, 7) is 1.13. The number of rotatable bonds is 3. The van der Waals surface area contributed by atoms with Crippen LogP contribution in [0.4, 0.5) is 18.9 Å². The fraction of sp³-hybridized carbons (Fsp3) is 0.538. The summed E-state index contributed by atoms with van der Waals surface area (Å²) < 4.78 is 42.0. The number of benzene rings is 1. The molecule has 0 amide bonds. The van der Waals surface area contributed by atoms with Crippen LogP contribution < -0.4 is 4.90 Å². The van der Waals surface area contributed by atoms with Gasteiger partial charge in [-0.15, -0.1) is 0 Å². The SMILES string of the molecule is Cc1cccc(N2C(F)CN(CCO)C(F)C2F)c1. The number of nitrogens with zero attached hydrogens (tertiary/aromatic N) is 2. The molecule has 106 valence electrons. The summed E-state index contributed by atoms with van der Waals surface area (Å²) in [5.74, 6) is 0. The maximum atomic E-state index is 14.1. The first-order valence-electron chi connectivity index (χ1n) is 6.16. The molecule has 6 heteroatoms. The first-order valence-corrected chi connectivity index (χ1v) is 6.16. The van der Waals surface area contributed by atoms with E-state index in [2.05, 4.69) is 0 Å². The molecule has 1 N–H and O–H groups in total. The van der Waals surface area contributed by atoms with E-state index >= 15 is 0 Å². The number of β-amino-alcohol motifs (C(OH)–C–C–N with tert-alkyl or cyclic N) is 1. The average molecular weight is 274 g/mol. The number of hydrogen-bond donors (Lipinski definition) is 1. The highest BCUT2D eigenvalue weighted by molar-refractivity contribution is 5.50. The van der Waals surface area contributed by atoms with Crippen LogP contribution in [0.3, 0.4) is 0 Å². The van der Waals surface area contributed by atoms with Crippen molar-refractivity contribution >= 4 is 5.69 Å². The van der Waals surface area contributed by atoms with Gasteiger partial charge in [0.1, 0.15) is 0 Å². The van der Waals surface area contributed by atoms with Gasteiger partial charge in [0.25, 0.3) is 0 Å². The molecule has 0 aromatic heterocycles. The lowest BCUT2D eigenvalue weighted by Crippen LogP contribution is -2.60. The van der Waals surface area contributed by atoms with Gasteiger partial charge >= 0.3 is 0 Å². The highest BCUT2D eigenvalue weighted by atomic mass is 19.2. The van der Waals surface area contributed by atoms with Gasteiger partial charge in [0.05, 0.1) is 13.2 Å². The smallest absolute Gasteiger partial charge is 0.220 e. The topological polar surface area (TPSA) is 26.7 Å². The van der Waals surface area contributed by atoms with Crippen molar-refractivity contribution in [2.75, 3.05) is 24.6 Å². The Balaban J connectivity index is 2.22. The van der Waals surface area contributed by atoms with Crippen molar-refractivity contribution in [2.24, 2.45) is 0 Å². The fourth-order valence-corrected chi connectivity index (χ4v) is 2.28. The van der Waals surface area contributed by atoms with Crippen molar-refractivity contribution in [3.63, 3.8) is 0 Å². The van der Waals surface area contributed by atoms with Crippen LogP contribution in [0.1, 0.15) is 5.56 Å². The van der Waals surface area contributed by atoms with Crippen LogP contribution in [0.5, 0.6) is 0 Å². The molecule has 1 aliphatic heterocycles. The molecule has 3 atom stereocenters. The fourth-order valence-electron chi connectivity index (χ4n) is 2.28. The second kappa shape index (κ2) is 5.79. The van der Waals surface area contributed by atoms with Crippen molar-refractivity contribution in [1.29, 1.82) is 0 Å². The first-order chi connectivity index (χ1) is 9.04. The van der Waals surface area contributed by atoms with Crippen molar-refractivity contribution in [2.45, 2.75) is 25.8 Å². The zero-order valence-corrected chi connectivity index (χ0v) is 10.6. The summed E-state index contributed by atoms with van der Waals surface area (Å²) in [4.78, 5) is 1.78. The number of hydrogen-bond acceptors (Lipinski definition) is 3. The largest absolute Gasteiger partial charge is 0.395 e. The van der Waals surface area contributed by atoms with Crippen molar-refractivity contribution in [1.82, 2.24) is 4.90 Å². The quantitative estimate of drug-likeness (QED) is 0.854. The van der Waals surface area contributed by atoms with E-state index in [9.17, 15) is 13.2 Å². The normalized spacial score (nSPS) is 28.7. The Kier molecular flexibility index (Phi) is 4.31. The molecule has 0 saturated carbocycles. The van der Waals surface area contributed by atoms with Crippen LogP contribution in [0.15, 0.2) is 24.3 Å². The number of aliphatic hydroxyl groups is 1. The molecule has 1 aromatic rings. The van der Waals surface area contributed by atoms with Crippen LogP contribution in [0, 0.1) is 6.92 Å². The number of piperazine rings is 1. The Bertz CT molecular complexity index is 432. The molecule has 3 unspecified atom stereocenters. The van der Waals surface area contributed by atoms with Crippen LogP contribution in [-0.2, 0) is 0 Å². The lowest BCUT2D eigenvalue weighted by Gasteiger charge is -2.43. The van der Waals surface area contributed by atoms with Gasteiger partial charge in [0, 0.05) is 12.2 Å². The molecule has 1 fully saturated rings. The van der Waals surface area contributed by atoms with Gasteiger partial charge < -0.3 is 10.0 Å². The van der Waals surface area contributed by atoms with Crippen LogP contribution >= 0.6 is 0 Å². The van der Waals surface area contributed by atoms with Crippen LogP contribution in [-0.4, -0.2) is 48.6 Å². The van der Waals surface area contributed by atoms with Crippen molar-refractivity contribution < 1.29 is 18.3 Å². The van der Waals surface area contributed by atoms with Crippen molar-refractivity contribution in [3.05, 3.63) is 29.8 Å². The average Bonchev–Trinajstić information content (AvgIpc) is 2.36. The number of anilines is 1. The van der Waals surface area contributed by atoms with Gasteiger partial charge in [-0.1, -0.05) is 12.1 Å². The van der Waals surface area contributed by atoms with E-state index in [1.807, 2.05) is 0 Å². The molecular formula is C13H17F3N2O. The van der Waals surface area contributed by atoms with E-state index < -0.39 is 18.9 Å². The second-order valence-electron chi connectivity index (χ2n) is 4.64. The molecule has 19 heavy (non-hydrogen) atoms. The molecule has 1 saturated heterocycles. The Morgan fingerprint density at radius 3 is 2.63 bits per heavy atom. The summed E-state index contributed by atoms with van der Waals surface area (Å²) >= 11 is 0. The standard InChI is InChI=1S/C13H17F3N2O/c1-9-3-2-4-10(7-9)18-11(14)8-17(5-6-19)12(15)13(18)16/h2-4,7,11-13,19H,5-6,8H2,1H3. The van der Waals surface area contributed by atoms with Gasteiger partial charge in [-0.25, -0.2) is 13.2 Å². The molecule has 0 radical (unpaired) electrons. The van der Waals surface area contributed by atoms with E-state index in [0.29, 0.717) is 5.69 Å². The molecule has 1 aromatic carbocycles. The summed E-state index contributed by atoms with van der Waals surface area (Å²) in [5.41, 5.74) is 1.18. The van der Waals surface area contributed by atoms with E-state index in [1.54, 1.807) is 31.2 Å². The maximum absolute atomic E-state index is 14.1. The van der Waals surface area contributed by atoms with Gasteiger partial charge in [0.15, 0.2) is 6.30 Å². The third-order valence-electron chi connectivity index (χ3n) is 3.22. The maximum Gasteiger partial charge on any atom is 0.220 e. The van der Waals surface area contributed by atoms with Gasteiger partial charge in [-0.3, -0.25) is 4.90 Å². The Morgan fingerprint density at radius 2 is 2.00 bits per heavy atom. The minimum Gasteiger partial charge on any atom is -0.395 e. The van der Waals surface area contributed by atoms with Gasteiger partial charge in [-0.05, 0) is 24.6 Å². The van der Waals surface area contributed by atoms with Crippen LogP contribution in [0.25, 0.3) is 0 Å². The highest BCUT2D eigenvalue weighted by Crippen LogP contribution is 2.30. The number of alkyl halides is 3. The minimum absolute atomic E-state index is 0.0797. The predicted molar refractivity (Wildman–Crippen MR) is 67.0 cm³/mol. The lowest BCUT2D eigenvalue weighted by molar-refractivity contribution is -0.0514. The third kappa shape index (κ3) is 2.84. The summed E-state index contributed by atoms with van der Waals surface area (Å²) in [5, 5.41) is 8.76. The van der Waals surface area contributed by atoms with Gasteiger partial charge in [0.2, 0.25) is 12.6 Å². The summed E-state index contributed by atoms with van der Waals surface area (Å²) in [6.07, 6.45) is -5.67. The molecule has 0 spiro atoms. The molecular weight excluding hydrogens is 257 g/mol. The molecule has 2 rings (SSSR count). The Labute approximate surface area is 110 Å². The van der Waals surface area contributed by atoms with E-state index in [1.165, 1.54) is 0 Å². The van der Waals surface area contributed by atoms with E-state index in [-0.39, 0.29) is 19.7 Å². The molecule has 1 aliphatic rings. The lowest BCUT2D eigenvalue weighted by atomic mass is 10.1. The molecule has 0 bridgehead atoms. The number of aliphatic hydroxyl groups excluding tert-OH is 1. The highest BCUT2D eigenvalue weighted by Gasteiger charge is 2.42.